The highest BCUT2D eigenvalue weighted by molar-refractivity contribution is 6.06. The monoisotopic (exact) mass is 471 g/mol. The zero-order valence-electron chi connectivity index (χ0n) is 18.5. The Hall–Kier alpha value is -4.92. The van der Waals surface area contributed by atoms with Crippen molar-refractivity contribution in [1.29, 1.82) is 0 Å². The van der Waals surface area contributed by atoms with Crippen LogP contribution in [0.15, 0.2) is 95.6 Å². The Kier molecular flexibility index (Phi) is 7.17. The molecule has 0 saturated heterocycles. The van der Waals surface area contributed by atoms with Crippen LogP contribution >= 0.6 is 0 Å². The van der Waals surface area contributed by atoms with E-state index in [0.717, 1.165) is 11.1 Å². The molecule has 0 saturated carbocycles. The van der Waals surface area contributed by atoms with Crippen LogP contribution in [0, 0.1) is 10.1 Å². The summed E-state index contributed by atoms with van der Waals surface area (Å²) in [6.07, 6.45) is 1.52. The molecule has 0 radical (unpaired) electrons. The second kappa shape index (κ2) is 10.8. The van der Waals surface area contributed by atoms with E-state index in [2.05, 4.69) is 10.6 Å². The summed E-state index contributed by atoms with van der Waals surface area (Å²) in [5.74, 6) is 0.163. The predicted octanol–water partition coefficient (Wildman–Crippen LogP) is 4.80. The average molecular weight is 471 g/mol. The van der Waals surface area contributed by atoms with Crippen molar-refractivity contribution in [3.63, 3.8) is 0 Å². The van der Waals surface area contributed by atoms with Crippen molar-refractivity contribution in [2.45, 2.75) is 6.54 Å². The molecule has 0 aliphatic carbocycles. The number of hydrogen-bond donors (Lipinski definition) is 2. The van der Waals surface area contributed by atoms with Gasteiger partial charge >= 0.3 is 0 Å². The van der Waals surface area contributed by atoms with Gasteiger partial charge in [-0.1, -0.05) is 24.3 Å². The lowest BCUT2D eigenvalue weighted by atomic mass is 10.0. The van der Waals surface area contributed by atoms with E-state index in [4.69, 9.17) is 9.15 Å². The zero-order valence-corrected chi connectivity index (χ0v) is 18.5. The van der Waals surface area contributed by atoms with Crippen molar-refractivity contribution < 1.29 is 23.7 Å². The lowest BCUT2D eigenvalue weighted by Gasteiger charge is -2.12. The normalized spacial score (nSPS) is 10.4. The van der Waals surface area contributed by atoms with Crippen molar-refractivity contribution in [3.8, 4) is 16.9 Å². The van der Waals surface area contributed by atoms with Gasteiger partial charge in [0.25, 0.3) is 17.5 Å². The van der Waals surface area contributed by atoms with Gasteiger partial charge in [0, 0.05) is 17.8 Å². The number of benzene rings is 3. The fourth-order valence-electron chi connectivity index (χ4n) is 3.29. The summed E-state index contributed by atoms with van der Waals surface area (Å²) >= 11 is 0. The van der Waals surface area contributed by atoms with Gasteiger partial charge in [-0.3, -0.25) is 19.7 Å². The molecule has 0 bridgehead atoms. The summed E-state index contributed by atoms with van der Waals surface area (Å²) in [5.41, 5.74) is 2.53. The number of nitrogens with one attached hydrogen (secondary N) is 2. The minimum atomic E-state index is -0.447. The summed E-state index contributed by atoms with van der Waals surface area (Å²) in [4.78, 5) is 35.3. The van der Waals surface area contributed by atoms with Crippen molar-refractivity contribution in [2.75, 3.05) is 11.9 Å². The van der Waals surface area contributed by atoms with Crippen LogP contribution in [-0.2, 0) is 11.3 Å². The Morgan fingerprint density at radius 3 is 2.23 bits per heavy atom. The minimum absolute atomic E-state index is 0.0218. The molecule has 0 spiro atoms. The number of ether oxygens (including phenoxy) is 1. The van der Waals surface area contributed by atoms with Crippen LogP contribution in [0.1, 0.15) is 16.1 Å². The number of nitrogens with zero attached hydrogens (tertiary/aromatic N) is 1. The maximum atomic E-state index is 12.8. The Morgan fingerprint density at radius 2 is 1.57 bits per heavy atom. The third-order valence-electron chi connectivity index (χ3n) is 5.08. The van der Waals surface area contributed by atoms with E-state index < -0.39 is 4.92 Å². The van der Waals surface area contributed by atoms with E-state index in [1.54, 1.807) is 60.7 Å². The van der Waals surface area contributed by atoms with Crippen LogP contribution in [0.5, 0.6) is 5.75 Å². The molecule has 176 valence electrons. The molecule has 0 fully saturated rings. The first-order valence-electron chi connectivity index (χ1n) is 10.7. The quantitative estimate of drug-likeness (QED) is 0.267. The van der Waals surface area contributed by atoms with Gasteiger partial charge in [0.15, 0.2) is 6.61 Å². The molecule has 0 atom stereocenters. The van der Waals surface area contributed by atoms with Crippen molar-refractivity contribution in [3.05, 3.63) is 113 Å². The number of furan rings is 1. The van der Waals surface area contributed by atoms with Crippen LogP contribution in [0.2, 0.25) is 0 Å². The molecule has 1 heterocycles. The summed E-state index contributed by atoms with van der Waals surface area (Å²) in [5, 5.41) is 16.3. The Labute approximate surface area is 200 Å². The molecule has 4 rings (SSSR count). The first-order valence-corrected chi connectivity index (χ1v) is 10.7. The van der Waals surface area contributed by atoms with Crippen molar-refractivity contribution in [2.24, 2.45) is 0 Å². The zero-order chi connectivity index (χ0) is 24.6. The maximum Gasteiger partial charge on any atom is 0.269 e. The van der Waals surface area contributed by atoms with Crippen LogP contribution < -0.4 is 15.4 Å². The molecule has 0 aliphatic heterocycles. The van der Waals surface area contributed by atoms with E-state index >= 15 is 0 Å². The largest absolute Gasteiger partial charge is 0.483 e. The highest BCUT2D eigenvalue weighted by Gasteiger charge is 2.14. The van der Waals surface area contributed by atoms with Gasteiger partial charge in [0.1, 0.15) is 11.5 Å². The first kappa shape index (κ1) is 23.2. The van der Waals surface area contributed by atoms with Gasteiger partial charge < -0.3 is 19.8 Å². The van der Waals surface area contributed by atoms with Crippen molar-refractivity contribution >= 4 is 23.2 Å². The molecular weight excluding hydrogens is 450 g/mol. The number of rotatable bonds is 9. The van der Waals surface area contributed by atoms with Crippen LogP contribution in [0.4, 0.5) is 11.4 Å². The molecule has 2 amide bonds. The average Bonchev–Trinajstić information content (AvgIpc) is 3.41. The van der Waals surface area contributed by atoms with Crippen LogP contribution in [-0.4, -0.2) is 23.3 Å². The second-order valence-corrected chi connectivity index (χ2v) is 7.48. The van der Waals surface area contributed by atoms with Gasteiger partial charge in [0.2, 0.25) is 0 Å². The predicted molar refractivity (Wildman–Crippen MR) is 129 cm³/mol. The van der Waals surface area contributed by atoms with Crippen LogP contribution in [0.25, 0.3) is 11.1 Å². The molecule has 1 aromatic heterocycles. The van der Waals surface area contributed by atoms with Gasteiger partial charge in [-0.15, -0.1) is 0 Å². The molecule has 9 nitrogen and oxygen atoms in total. The number of nitro benzene ring substituents is 1. The van der Waals surface area contributed by atoms with Gasteiger partial charge in [-0.2, -0.15) is 0 Å². The number of anilines is 1. The SMILES string of the molecule is O=C(COc1ccccc1C(=O)Nc1ccc(-c2ccc([N+](=O)[O-])cc2)cc1)NCc1ccco1. The van der Waals surface area contributed by atoms with E-state index in [1.807, 2.05) is 12.1 Å². The summed E-state index contributed by atoms with van der Waals surface area (Å²) < 4.78 is 10.7. The van der Waals surface area contributed by atoms with E-state index in [0.29, 0.717) is 11.4 Å². The molecule has 2 N–H and O–H groups in total. The first-order chi connectivity index (χ1) is 17.0. The molecule has 4 aromatic rings. The molecule has 0 aliphatic rings. The van der Waals surface area contributed by atoms with Gasteiger partial charge in [-0.25, -0.2) is 0 Å². The highest BCUT2D eigenvalue weighted by atomic mass is 16.6. The Balaban J connectivity index is 1.36. The standard InChI is InChI=1S/C26H21N3O6/c30-25(27-16-22-4-3-15-34-22)17-35-24-6-2-1-5-23(24)26(31)28-20-11-7-18(8-12-20)19-9-13-21(14-10-19)29(32)33/h1-15H,16-17H2,(H,27,30)(H,28,31). The highest BCUT2D eigenvalue weighted by Crippen LogP contribution is 2.25. The molecule has 9 heteroatoms. The Bertz CT molecular complexity index is 1320. The number of para-hydroxylation sites is 1. The number of nitro groups is 1. The molecule has 35 heavy (non-hydrogen) atoms. The fraction of sp³-hybridized carbons (Fsp3) is 0.0769. The van der Waals surface area contributed by atoms with Gasteiger partial charge in [0.05, 0.1) is 23.3 Å². The van der Waals surface area contributed by atoms with E-state index in [9.17, 15) is 19.7 Å². The third-order valence-corrected chi connectivity index (χ3v) is 5.08. The van der Waals surface area contributed by atoms with Crippen LogP contribution in [0.3, 0.4) is 0 Å². The second-order valence-electron chi connectivity index (χ2n) is 7.48. The van der Waals surface area contributed by atoms with Gasteiger partial charge in [-0.05, 0) is 59.7 Å². The molecular formula is C26H21N3O6. The lowest BCUT2D eigenvalue weighted by molar-refractivity contribution is -0.384. The van der Waals surface area contributed by atoms with E-state index in [-0.39, 0.29) is 42.0 Å². The number of non-ortho nitro benzene ring substituents is 1. The lowest BCUT2D eigenvalue weighted by Crippen LogP contribution is -2.28. The fourth-order valence-corrected chi connectivity index (χ4v) is 3.29. The smallest absolute Gasteiger partial charge is 0.269 e. The molecule has 3 aromatic carbocycles. The topological polar surface area (TPSA) is 124 Å². The number of amides is 2. The number of carbonyl (C=O) groups excluding carboxylic acids is 2. The summed E-state index contributed by atoms with van der Waals surface area (Å²) in [7, 11) is 0. The number of hydrogen-bond acceptors (Lipinski definition) is 6. The van der Waals surface area contributed by atoms with Crippen molar-refractivity contribution in [1.82, 2.24) is 5.32 Å². The third kappa shape index (κ3) is 6.11. The summed E-state index contributed by atoms with van der Waals surface area (Å²) in [6, 6.07) is 23.4. The number of carbonyl (C=O) groups is 2. The maximum absolute atomic E-state index is 12.8. The summed E-state index contributed by atoms with van der Waals surface area (Å²) in [6.45, 7) is -0.0118. The van der Waals surface area contributed by atoms with E-state index in [1.165, 1.54) is 18.4 Å². The Morgan fingerprint density at radius 1 is 0.886 bits per heavy atom. The minimum Gasteiger partial charge on any atom is -0.483 e. The molecule has 0 unspecified atom stereocenters.